The lowest BCUT2D eigenvalue weighted by atomic mass is 9.23. The van der Waals surface area contributed by atoms with E-state index in [4.69, 9.17) is 56.8 Å². The smallest absolute Gasteiger partial charge is 0.127 e. The molecule has 0 unspecified atom stereocenters. The number of hydrogen-bond acceptors (Lipinski definition) is 12. The molecule has 6 aromatic carbocycles. The van der Waals surface area contributed by atoms with Crippen molar-refractivity contribution in [3.05, 3.63) is 294 Å². The van der Waals surface area contributed by atoms with Crippen molar-refractivity contribution < 1.29 is 56.8 Å². The minimum Gasteiger partial charge on any atom is -0.489 e. The Bertz CT molecular complexity index is 3540. The lowest BCUT2D eigenvalue weighted by molar-refractivity contribution is -0.237. The van der Waals surface area contributed by atoms with Crippen molar-refractivity contribution in [3.8, 4) is 69.0 Å². The summed E-state index contributed by atoms with van der Waals surface area (Å²) in [6, 6.07) is 39.0. The van der Waals surface area contributed by atoms with Crippen molar-refractivity contribution in [2.45, 2.75) is 110 Å². The quantitative estimate of drug-likeness (QED) is 0.0340. The molecular formula is C92H102O12. The third kappa shape index (κ3) is 14.0. The first-order chi connectivity index (χ1) is 50.6. The maximum absolute atomic E-state index is 7.12. The van der Waals surface area contributed by atoms with E-state index in [-0.39, 0.29) is 39.6 Å². The summed E-state index contributed by atoms with van der Waals surface area (Å²) in [4.78, 5) is 0. The average molecular weight is 1400 g/mol. The molecule has 14 rings (SSSR count). The van der Waals surface area contributed by atoms with Crippen LogP contribution in [-0.2, 0) is 32.5 Å². The molecule has 8 saturated carbocycles. The van der Waals surface area contributed by atoms with Gasteiger partial charge in [-0.3, -0.25) is 0 Å². The fourth-order valence-electron chi connectivity index (χ4n) is 20.8. The fourth-order valence-corrected chi connectivity index (χ4v) is 20.8. The Morgan fingerprint density at radius 1 is 0.192 bits per heavy atom. The van der Waals surface area contributed by atoms with Gasteiger partial charge in [0.25, 0.3) is 0 Å². The average Bonchev–Trinajstić information content (AvgIpc) is 0.637. The molecular weight excluding hydrogens is 1300 g/mol. The van der Waals surface area contributed by atoms with Crippen LogP contribution < -0.4 is 56.8 Å². The van der Waals surface area contributed by atoms with Gasteiger partial charge in [-0.05, 0) is 124 Å². The molecule has 0 heterocycles. The highest BCUT2D eigenvalue weighted by Crippen LogP contribution is 2.87. The van der Waals surface area contributed by atoms with Gasteiger partial charge in [0.2, 0.25) is 0 Å². The first-order valence-electron chi connectivity index (χ1n) is 36.4. The molecule has 8 fully saturated rings. The monoisotopic (exact) mass is 1400 g/mol. The van der Waals surface area contributed by atoms with Crippen LogP contribution in [0.15, 0.2) is 261 Å². The maximum atomic E-state index is 7.12. The maximum Gasteiger partial charge on any atom is 0.127 e. The second kappa shape index (κ2) is 31.4. The first kappa shape index (κ1) is 73.5. The molecule has 8 aliphatic rings. The standard InChI is InChI=1S/C92H102O12/c1-13-37-93-67-25-31-73(79(49-67)99-43-19-7)85-55-86(74-32-26-68(94-38-14-2)50-80(74)100-44-20-8)57-87(56-85,75-33-27-69(95-39-15-3)51-81(75)101-45-21-9)63-91(61-85,62-86)92-64-88(76-34-28-70(96-40-16-4)52-82(76)102-46-22-10)58-89(65-92,77-35-29-71(97-41-17-5)53-83(77)103-47-23-11)60-90(59-88,66-92)78-36-30-72(98-42-18-6)54-84(78)104-48-24-12/h13-36,49-54H,1-12,37-48,55-66H2. The van der Waals surface area contributed by atoms with Gasteiger partial charge in [0, 0.05) is 102 Å². The Morgan fingerprint density at radius 2 is 0.327 bits per heavy atom. The molecule has 8 bridgehead atoms. The van der Waals surface area contributed by atoms with Crippen LogP contribution in [0.3, 0.4) is 0 Å². The lowest BCUT2D eigenvalue weighted by Gasteiger charge is -2.81. The zero-order valence-corrected chi connectivity index (χ0v) is 60.7. The highest BCUT2D eigenvalue weighted by Gasteiger charge is 2.80. The summed E-state index contributed by atoms with van der Waals surface area (Å²) in [6.07, 6.45) is 30.7. The van der Waals surface area contributed by atoms with E-state index in [0.717, 1.165) is 145 Å². The predicted molar refractivity (Wildman–Crippen MR) is 417 cm³/mol. The molecule has 0 aliphatic heterocycles. The highest BCUT2D eigenvalue weighted by molar-refractivity contribution is 5.61. The molecule has 12 nitrogen and oxygen atoms in total. The van der Waals surface area contributed by atoms with Crippen LogP contribution in [0, 0.1) is 10.8 Å². The number of benzene rings is 6. The van der Waals surface area contributed by atoms with Crippen LogP contribution in [0.1, 0.15) is 110 Å². The Labute approximate surface area is 616 Å². The van der Waals surface area contributed by atoms with E-state index in [1.54, 1.807) is 36.5 Å². The third-order valence-electron chi connectivity index (χ3n) is 22.7. The van der Waals surface area contributed by atoms with E-state index in [1.807, 2.05) is 36.5 Å². The van der Waals surface area contributed by atoms with Crippen LogP contribution >= 0.6 is 0 Å². The molecule has 0 amide bonds. The minimum atomic E-state index is -0.645. The van der Waals surface area contributed by atoms with E-state index in [0.29, 0.717) is 74.1 Å². The summed E-state index contributed by atoms with van der Waals surface area (Å²) in [6.45, 7) is 52.9. The molecule has 0 radical (unpaired) electrons. The van der Waals surface area contributed by atoms with Crippen molar-refractivity contribution in [1.29, 1.82) is 0 Å². The molecule has 12 heteroatoms. The van der Waals surface area contributed by atoms with Crippen LogP contribution in [0.25, 0.3) is 0 Å². The molecule has 0 saturated heterocycles. The van der Waals surface area contributed by atoms with Gasteiger partial charge in [0.1, 0.15) is 148 Å². The Morgan fingerprint density at radius 3 is 0.462 bits per heavy atom. The fraction of sp³-hybridized carbons (Fsp3) is 0.348. The largest absolute Gasteiger partial charge is 0.489 e. The number of rotatable bonds is 43. The molecule has 0 N–H and O–H groups in total. The summed E-state index contributed by atoms with van der Waals surface area (Å²) >= 11 is 0. The summed E-state index contributed by atoms with van der Waals surface area (Å²) in [5.41, 5.74) is 1.58. The molecule has 0 spiro atoms. The predicted octanol–water partition coefficient (Wildman–Crippen LogP) is 20.1. The summed E-state index contributed by atoms with van der Waals surface area (Å²) in [5.74, 6) is 8.50. The molecule has 0 aromatic heterocycles. The second-order valence-corrected chi connectivity index (χ2v) is 29.5. The van der Waals surface area contributed by atoms with Crippen molar-refractivity contribution in [3.63, 3.8) is 0 Å². The molecule has 542 valence electrons. The van der Waals surface area contributed by atoms with Gasteiger partial charge in [0.15, 0.2) is 0 Å². The topological polar surface area (TPSA) is 111 Å². The van der Waals surface area contributed by atoms with E-state index in [9.17, 15) is 0 Å². The summed E-state index contributed by atoms with van der Waals surface area (Å²) < 4.78 is 81.4. The van der Waals surface area contributed by atoms with Crippen molar-refractivity contribution in [1.82, 2.24) is 0 Å². The van der Waals surface area contributed by atoms with Crippen LogP contribution in [0.2, 0.25) is 0 Å². The first-order valence-corrected chi connectivity index (χ1v) is 36.4. The van der Waals surface area contributed by atoms with E-state index in [1.165, 1.54) is 0 Å². The van der Waals surface area contributed by atoms with Gasteiger partial charge in [-0.15, -0.1) is 0 Å². The van der Waals surface area contributed by atoms with E-state index in [2.05, 4.69) is 188 Å². The molecule has 6 aromatic rings. The van der Waals surface area contributed by atoms with Crippen LogP contribution in [-0.4, -0.2) is 79.3 Å². The minimum absolute atomic E-state index is 0.263. The van der Waals surface area contributed by atoms with Crippen molar-refractivity contribution in [2.75, 3.05) is 79.3 Å². The van der Waals surface area contributed by atoms with Gasteiger partial charge in [0.05, 0.1) is 0 Å². The molecule has 104 heavy (non-hydrogen) atoms. The number of ether oxygens (including phenoxy) is 12. The SMILES string of the molecule is C=CCOc1ccc(C23CC4(c5ccc(OCC=C)cc5OCC=C)CC(c5ccc(OCC=C)cc5OCC=C)(C2)CC(C25CC6(c7ccc(OCC=C)cc7OCC=C)CC(c7ccc(OCC=C)cc7OCC=C)(CC(c7ccc(OCC=C)cc7OCC=C)(C6)C2)C5)(C3)C4)c(OCC=C)c1. The van der Waals surface area contributed by atoms with Crippen LogP contribution in [0.4, 0.5) is 0 Å². The zero-order chi connectivity index (χ0) is 73.1. The summed E-state index contributed by atoms with van der Waals surface area (Å²) in [7, 11) is 0. The lowest BCUT2D eigenvalue weighted by Crippen LogP contribution is -2.75. The zero-order valence-electron chi connectivity index (χ0n) is 60.7. The van der Waals surface area contributed by atoms with Gasteiger partial charge in [-0.2, -0.15) is 0 Å². The van der Waals surface area contributed by atoms with E-state index < -0.39 is 43.3 Å². The second-order valence-electron chi connectivity index (χ2n) is 29.5. The highest BCUT2D eigenvalue weighted by atomic mass is 16.5. The van der Waals surface area contributed by atoms with Gasteiger partial charge in [-0.25, -0.2) is 0 Å². The normalized spacial score (nSPS) is 25.5. The Balaban J connectivity index is 1.26. The van der Waals surface area contributed by atoms with E-state index >= 15 is 0 Å². The van der Waals surface area contributed by atoms with Crippen molar-refractivity contribution >= 4 is 0 Å². The van der Waals surface area contributed by atoms with Gasteiger partial charge >= 0.3 is 0 Å². The Hall–Kier alpha value is -10.2. The van der Waals surface area contributed by atoms with Gasteiger partial charge < -0.3 is 56.8 Å². The third-order valence-corrected chi connectivity index (χ3v) is 22.7. The molecule has 8 aliphatic carbocycles. The van der Waals surface area contributed by atoms with Crippen LogP contribution in [0.5, 0.6) is 69.0 Å². The number of hydrogen-bond donors (Lipinski definition) is 0. The van der Waals surface area contributed by atoms with Crippen molar-refractivity contribution in [2.24, 2.45) is 10.8 Å². The molecule has 0 atom stereocenters. The summed E-state index contributed by atoms with van der Waals surface area (Å²) in [5, 5.41) is 0. The Kier molecular flexibility index (Phi) is 22.2. The van der Waals surface area contributed by atoms with Gasteiger partial charge in [-0.1, -0.05) is 188 Å².